The maximum Gasteiger partial charge on any atom is 0.296 e. The number of aliphatic hydroxyl groups is 1. The number of Topliss-reactive ketones (excluding diaryl/α,β-unsaturated/α-hetero) is 1. The van der Waals surface area contributed by atoms with Crippen LogP contribution in [0.4, 0.5) is 4.39 Å². The maximum atomic E-state index is 13.3. The summed E-state index contributed by atoms with van der Waals surface area (Å²) in [5.41, 5.74) is 0.108. The lowest BCUT2D eigenvalue weighted by Crippen LogP contribution is -2.48. The summed E-state index contributed by atoms with van der Waals surface area (Å²) < 4.78 is 14.6. The van der Waals surface area contributed by atoms with E-state index in [1.807, 2.05) is 0 Å². The minimum Gasteiger partial charge on any atom is -0.389 e. The number of carbonyl (C=O) groups excluding carboxylic acids is 3. The molecule has 3 aromatic rings. The number of pyridine rings is 1. The summed E-state index contributed by atoms with van der Waals surface area (Å²) in [5.74, 6) is -2.38. The zero-order valence-corrected chi connectivity index (χ0v) is 20.3. The van der Waals surface area contributed by atoms with Crippen LogP contribution in [0.15, 0.2) is 30.3 Å². The Kier molecular flexibility index (Phi) is 6.61. The van der Waals surface area contributed by atoms with Gasteiger partial charge in [0.2, 0.25) is 0 Å². The predicted molar refractivity (Wildman–Crippen MR) is 127 cm³/mol. The predicted octanol–water partition coefficient (Wildman–Crippen LogP) is 2.24. The van der Waals surface area contributed by atoms with Crippen LogP contribution >= 0.6 is 11.6 Å². The number of likely N-dealkylation sites (tertiary alicyclic amines) is 1. The SMILES string of the molecule is CN(C)C(=O)C(=O)c1nn(C)c2cc(Cl)c(C(=O)N3CCC(O)(Cc4ccc(F)cc4)CC3)nc12. The molecule has 1 N–H and O–H groups in total. The Morgan fingerprint density at radius 2 is 1.77 bits per heavy atom. The minimum absolute atomic E-state index is 0.0532. The van der Waals surface area contributed by atoms with Crippen molar-refractivity contribution in [2.45, 2.75) is 24.9 Å². The normalized spacial score (nSPS) is 15.3. The second kappa shape index (κ2) is 9.35. The Morgan fingerprint density at radius 3 is 2.37 bits per heavy atom. The van der Waals surface area contributed by atoms with Gasteiger partial charge in [0.25, 0.3) is 17.6 Å². The number of hydrogen-bond donors (Lipinski definition) is 1. The number of carbonyl (C=O) groups is 3. The first-order valence-corrected chi connectivity index (χ1v) is 11.4. The molecule has 0 saturated carbocycles. The van der Waals surface area contributed by atoms with Crippen LogP contribution in [0.1, 0.15) is 39.4 Å². The highest BCUT2D eigenvalue weighted by Gasteiger charge is 2.35. The van der Waals surface area contributed by atoms with Crippen LogP contribution in [0.3, 0.4) is 0 Å². The van der Waals surface area contributed by atoms with E-state index < -0.39 is 23.2 Å². The van der Waals surface area contributed by atoms with Crippen molar-refractivity contribution in [1.29, 1.82) is 0 Å². The molecule has 0 aliphatic carbocycles. The van der Waals surface area contributed by atoms with Crippen molar-refractivity contribution >= 4 is 40.2 Å². The molecule has 1 aromatic carbocycles. The molecule has 1 aliphatic rings. The summed E-state index contributed by atoms with van der Waals surface area (Å²) in [6, 6.07) is 7.47. The molecule has 1 fully saturated rings. The highest BCUT2D eigenvalue weighted by atomic mass is 35.5. The van der Waals surface area contributed by atoms with E-state index in [1.165, 1.54) is 37.0 Å². The van der Waals surface area contributed by atoms with Crippen LogP contribution in [0.25, 0.3) is 11.0 Å². The molecule has 0 bridgehead atoms. The zero-order valence-electron chi connectivity index (χ0n) is 19.6. The van der Waals surface area contributed by atoms with Gasteiger partial charge in [-0.3, -0.25) is 19.1 Å². The van der Waals surface area contributed by atoms with Gasteiger partial charge < -0.3 is 14.9 Å². The quantitative estimate of drug-likeness (QED) is 0.424. The molecule has 9 nitrogen and oxygen atoms in total. The summed E-state index contributed by atoms with van der Waals surface area (Å²) in [7, 11) is 4.50. The first-order chi connectivity index (χ1) is 16.5. The average molecular weight is 502 g/mol. The summed E-state index contributed by atoms with van der Waals surface area (Å²) in [5, 5.41) is 15.2. The van der Waals surface area contributed by atoms with Crippen LogP contribution in [0.5, 0.6) is 0 Å². The standard InChI is InChI=1S/C24H25ClFN5O4/c1-29(2)23(34)21(32)20-19-17(30(3)28-20)12-16(25)18(27-19)22(33)31-10-8-24(35,9-11-31)13-14-4-6-15(26)7-5-14/h4-7,12,35H,8-11,13H2,1-3H3. The maximum absolute atomic E-state index is 13.3. The average Bonchev–Trinajstić information content (AvgIpc) is 3.14. The smallest absolute Gasteiger partial charge is 0.296 e. The number of fused-ring (bicyclic) bond motifs is 1. The van der Waals surface area contributed by atoms with Gasteiger partial charge in [0.15, 0.2) is 5.69 Å². The summed E-state index contributed by atoms with van der Waals surface area (Å²) in [6.07, 6.45) is 0.995. The zero-order chi connectivity index (χ0) is 25.5. The fraction of sp³-hybridized carbons (Fsp3) is 0.375. The number of piperidine rings is 1. The third kappa shape index (κ3) is 4.89. The number of amides is 2. The van der Waals surface area contributed by atoms with Gasteiger partial charge in [-0.15, -0.1) is 0 Å². The Balaban J connectivity index is 1.55. The van der Waals surface area contributed by atoms with E-state index >= 15 is 0 Å². The molecule has 1 saturated heterocycles. The topological polar surface area (TPSA) is 109 Å². The van der Waals surface area contributed by atoms with Gasteiger partial charge in [0, 0.05) is 40.7 Å². The Hall–Kier alpha value is -3.37. The largest absolute Gasteiger partial charge is 0.389 e. The Morgan fingerprint density at radius 1 is 1.14 bits per heavy atom. The van der Waals surface area contributed by atoms with E-state index in [1.54, 1.807) is 24.1 Å². The van der Waals surface area contributed by atoms with Gasteiger partial charge in [-0.05, 0) is 36.6 Å². The lowest BCUT2D eigenvalue weighted by molar-refractivity contribution is -0.124. The molecule has 184 valence electrons. The molecule has 2 aromatic heterocycles. The summed E-state index contributed by atoms with van der Waals surface area (Å²) in [6.45, 7) is 0.537. The third-order valence-corrected chi connectivity index (χ3v) is 6.51. The van der Waals surface area contributed by atoms with E-state index in [0.717, 1.165) is 10.5 Å². The van der Waals surface area contributed by atoms with Crippen molar-refractivity contribution in [3.63, 3.8) is 0 Å². The van der Waals surface area contributed by atoms with Crippen molar-refractivity contribution in [2.75, 3.05) is 27.2 Å². The minimum atomic E-state index is -1.02. The number of halogens is 2. The lowest BCUT2D eigenvalue weighted by Gasteiger charge is -2.38. The number of hydrogen-bond acceptors (Lipinski definition) is 6. The number of likely N-dealkylation sites (N-methyl/N-ethyl adjacent to an activating group) is 1. The monoisotopic (exact) mass is 501 g/mol. The molecule has 2 amide bonds. The molecule has 35 heavy (non-hydrogen) atoms. The number of nitrogens with zero attached hydrogens (tertiary/aromatic N) is 5. The van der Waals surface area contributed by atoms with Crippen molar-refractivity contribution in [3.05, 3.63) is 58.1 Å². The molecular formula is C24H25ClFN5O4. The van der Waals surface area contributed by atoms with E-state index in [-0.39, 0.29) is 40.8 Å². The molecule has 0 spiro atoms. The van der Waals surface area contributed by atoms with E-state index in [4.69, 9.17) is 11.6 Å². The highest BCUT2D eigenvalue weighted by molar-refractivity contribution is 6.44. The van der Waals surface area contributed by atoms with Crippen LogP contribution < -0.4 is 0 Å². The molecular weight excluding hydrogens is 477 g/mol. The molecule has 3 heterocycles. The molecule has 4 rings (SSSR count). The fourth-order valence-electron chi connectivity index (χ4n) is 4.19. The van der Waals surface area contributed by atoms with Gasteiger partial charge in [-0.2, -0.15) is 5.10 Å². The highest BCUT2D eigenvalue weighted by Crippen LogP contribution is 2.29. The third-order valence-electron chi connectivity index (χ3n) is 6.22. The lowest BCUT2D eigenvalue weighted by atomic mass is 9.85. The molecule has 0 atom stereocenters. The number of aromatic nitrogens is 3. The van der Waals surface area contributed by atoms with E-state index in [9.17, 15) is 23.9 Å². The van der Waals surface area contributed by atoms with Crippen LogP contribution in [0, 0.1) is 5.82 Å². The first-order valence-electron chi connectivity index (χ1n) is 11.0. The van der Waals surface area contributed by atoms with Crippen LogP contribution in [-0.2, 0) is 18.3 Å². The molecule has 1 aliphatic heterocycles. The Labute approximate surface area is 206 Å². The van der Waals surface area contributed by atoms with Gasteiger partial charge in [-0.1, -0.05) is 23.7 Å². The summed E-state index contributed by atoms with van der Waals surface area (Å²) >= 11 is 6.38. The first kappa shape index (κ1) is 24.7. The Bertz CT molecular complexity index is 1310. The molecule has 0 unspecified atom stereocenters. The van der Waals surface area contributed by atoms with Gasteiger partial charge in [0.1, 0.15) is 17.0 Å². The number of aryl methyl sites for hydroxylation is 1. The van der Waals surface area contributed by atoms with Crippen molar-refractivity contribution in [1.82, 2.24) is 24.6 Å². The van der Waals surface area contributed by atoms with Crippen LogP contribution in [0.2, 0.25) is 5.02 Å². The van der Waals surface area contributed by atoms with E-state index in [0.29, 0.717) is 24.8 Å². The van der Waals surface area contributed by atoms with Gasteiger partial charge >= 0.3 is 0 Å². The van der Waals surface area contributed by atoms with Gasteiger partial charge in [-0.25, -0.2) is 9.37 Å². The van der Waals surface area contributed by atoms with Crippen molar-refractivity contribution in [2.24, 2.45) is 7.05 Å². The summed E-state index contributed by atoms with van der Waals surface area (Å²) in [4.78, 5) is 45.1. The number of benzene rings is 1. The molecule has 11 heteroatoms. The second-order valence-electron chi connectivity index (χ2n) is 9.01. The van der Waals surface area contributed by atoms with Crippen LogP contribution in [-0.4, -0.2) is 80.1 Å². The number of rotatable bonds is 5. The van der Waals surface area contributed by atoms with Crippen molar-refractivity contribution in [3.8, 4) is 0 Å². The van der Waals surface area contributed by atoms with Gasteiger partial charge in [0.05, 0.1) is 16.1 Å². The fourth-order valence-corrected chi connectivity index (χ4v) is 4.42. The van der Waals surface area contributed by atoms with Crippen molar-refractivity contribution < 1.29 is 23.9 Å². The van der Waals surface area contributed by atoms with E-state index in [2.05, 4.69) is 10.1 Å². The second-order valence-corrected chi connectivity index (χ2v) is 9.41. The number of ketones is 1. The molecule has 0 radical (unpaired) electrons.